The number of ether oxygens (including phenoxy) is 1. The van der Waals surface area contributed by atoms with E-state index in [4.69, 9.17) is 16.3 Å². The molecule has 9 heteroatoms. The van der Waals surface area contributed by atoms with Gasteiger partial charge >= 0.3 is 0 Å². The predicted molar refractivity (Wildman–Crippen MR) is 104 cm³/mol. The van der Waals surface area contributed by atoms with Crippen LogP contribution in [0.2, 0.25) is 5.02 Å². The average molecular weight is 402 g/mol. The van der Waals surface area contributed by atoms with E-state index in [1.165, 1.54) is 19.2 Å². The Morgan fingerprint density at radius 3 is 2.81 bits per heavy atom. The van der Waals surface area contributed by atoms with E-state index in [1.807, 2.05) is 0 Å². The molecule has 1 saturated heterocycles. The zero-order chi connectivity index (χ0) is 19.3. The van der Waals surface area contributed by atoms with Gasteiger partial charge in [0.1, 0.15) is 5.75 Å². The summed E-state index contributed by atoms with van der Waals surface area (Å²) in [5.74, 6) is -0.0982. The van der Waals surface area contributed by atoms with Crippen LogP contribution in [0.4, 0.5) is 5.69 Å². The van der Waals surface area contributed by atoms with E-state index in [-0.39, 0.29) is 40.0 Å². The van der Waals surface area contributed by atoms with Crippen LogP contribution in [0.1, 0.15) is 29.6 Å². The fourth-order valence-electron chi connectivity index (χ4n) is 2.98. The van der Waals surface area contributed by atoms with Gasteiger partial charge in [-0.05, 0) is 31.9 Å². The van der Waals surface area contributed by atoms with Crippen LogP contribution in [0.5, 0.6) is 5.75 Å². The van der Waals surface area contributed by atoms with E-state index in [1.54, 1.807) is 6.08 Å². The van der Waals surface area contributed by atoms with Crippen molar-refractivity contribution in [3.05, 3.63) is 35.4 Å². The number of halogens is 1. The molecule has 1 aromatic carbocycles. The molecule has 0 aromatic heterocycles. The molecule has 144 valence electrons. The van der Waals surface area contributed by atoms with Gasteiger partial charge in [-0.2, -0.15) is 0 Å². The number of benzene rings is 1. The molecular weight excluding hydrogens is 378 g/mol. The molecule has 2 rings (SSSR count). The number of rotatable bonds is 8. The Morgan fingerprint density at radius 1 is 1.54 bits per heavy atom. The van der Waals surface area contributed by atoms with Crippen molar-refractivity contribution in [2.24, 2.45) is 0 Å². The zero-order valence-corrected chi connectivity index (χ0v) is 16.4. The SMILES string of the molecule is C=CCC(NC(=O)c1cc(NS(C)(=O)=O)c(Cl)cc1OC)C1CCCN1. The summed E-state index contributed by atoms with van der Waals surface area (Å²) < 4.78 is 30.6. The highest BCUT2D eigenvalue weighted by molar-refractivity contribution is 7.92. The third kappa shape index (κ3) is 5.36. The molecule has 1 aliphatic heterocycles. The molecular formula is C17H24ClN3O4S. The van der Waals surface area contributed by atoms with E-state index in [9.17, 15) is 13.2 Å². The number of nitrogens with one attached hydrogen (secondary N) is 3. The van der Waals surface area contributed by atoms with Gasteiger partial charge < -0.3 is 15.4 Å². The zero-order valence-electron chi connectivity index (χ0n) is 14.8. The van der Waals surface area contributed by atoms with Gasteiger partial charge in [0, 0.05) is 18.2 Å². The van der Waals surface area contributed by atoms with Crippen LogP contribution in [0.3, 0.4) is 0 Å². The molecule has 1 aromatic rings. The third-order valence-corrected chi connectivity index (χ3v) is 5.05. The summed E-state index contributed by atoms with van der Waals surface area (Å²) in [6, 6.07) is 2.85. The molecule has 0 radical (unpaired) electrons. The van der Waals surface area contributed by atoms with Crippen molar-refractivity contribution < 1.29 is 17.9 Å². The van der Waals surface area contributed by atoms with E-state index < -0.39 is 10.0 Å². The number of hydrogen-bond donors (Lipinski definition) is 3. The number of carbonyl (C=O) groups excluding carboxylic acids is 1. The molecule has 1 aliphatic rings. The summed E-state index contributed by atoms with van der Waals surface area (Å²) in [6.45, 7) is 4.67. The maximum absolute atomic E-state index is 12.8. The number of anilines is 1. The number of carbonyl (C=O) groups is 1. The van der Waals surface area contributed by atoms with Gasteiger partial charge in [-0.1, -0.05) is 17.7 Å². The molecule has 26 heavy (non-hydrogen) atoms. The van der Waals surface area contributed by atoms with Gasteiger partial charge in [0.15, 0.2) is 0 Å². The number of amides is 1. The molecule has 0 bridgehead atoms. The molecule has 0 aliphatic carbocycles. The van der Waals surface area contributed by atoms with Crippen LogP contribution in [0.25, 0.3) is 0 Å². The Hall–Kier alpha value is -1.77. The molecule has 1 fully saturated rings. The first-order valence-electron chi connectivity index (χ1n) is 8.25. The summed E-state index contributed by atoms with van der Waals surface area (Å²) in [5, 5.41) is 6.50. The van der Waals surface area contributed by atoms with Crippen molar-refractivity contribution in [2.45, 2.75) is 31.3 Å². The molecule has 1 amide bonds. The number of hydrogen-bond acceptors (Lipinski definition) is 5. The van der Waals surface area contributed by atoms with Gasteiger partial charge in [0.05, 0.1) is 29.6 Å². The minimum atomic E-state index is -3.54. The quantitative estimate of drug-likeness (QED) is 0.580. The second-order valence-electron chi connectivity index (χ2n) is 6.21. The minimum absolute atomic E-state index is 0.116. The topological polar surface area (TPSA) is 96.5 Å². The van der Waals surface area contributed by atoms with Gasteiger partial charge in [-0.3, -0.25) is 9.52 Å². The Balaban J connectivity index is 2.30. The van der Waals surface area contributed by atoms with E-state index in [0.717, 1.165) is 25.6 Å². The molecule has 2 unspecified atom stereocenters. The maximum Gasteiger partial charge on any atom is 0.255 e. The van der Waals surface area contributed by atoms with Gasteiger partial charge in [0.25, 0.3) is 5.91 Å². The highest BCUT2D eigenvalue weighted by atomic mass is 35.5. The van der Waals surface area contributed by atoms with Gasteiger partial charge in [-0.25, -0.2) is 8.42 Å². The predicted octanol–water partition coefficient (Wildman–Crippen LogP) is 2.15. The van der Waals surface area contributed by atoms with E-state index >= 15 is 0 Å². The van der Waals surface area contributed by atoms with E-state index in [0.29, 0.717) is 6.42 Å². The number of methoxy groups -OCH3 is 1. The molecule has 0 saturated carbocycles. The molecule has 2 atom stereocenters. The van der Waals surface area contributed by atoms with Crippen LogP contribution >= 0.6 is 11.6 Å². The lowest BCUT2D eigenvalue weighted by Crippen LogP contribution is -2.47. The Kier molecular flexibility index (Phi) is 6.91. The lowest BCUT2D eigenvalue weighted by molar-refractivity contribution is 0.0926. The maximum atomic E-state index is 12.8. The summed E-state index contributed by atoms with van der Waals surface area (Å²) >= 11 is 6.09. The standard InChI is InChI=1S/C17H24ClN3O4S/c1-4-6-14(13-7-5-8-19-13)20-17(22)11-9-15(21-26(3,23)24)12(18)10-16(11)25-2/h4,9-10,13-14,19,21H,1,5-8H2,2-3H3,(H,20,22). The average Bonchev–Trinajstić information content (AvgIpc) is 3.09. The van der Waals surface area contributed by atoms with Crippen LogP contribution < -0.4 is 20.1 Å². The third-order valence-electron chi connectivity index (χ3n) is 4.15. The largest absolute Gasteiger partial charge is 0.496 e. The highest BCUT2D eigenvalue weighted by Gasteiger charge is 2.27. The fourth-order valence-corrected chi connectivity index (χ4v) is 3.81. The fraction of sp³-hybridized carbons (Fsp3) is 0.471. The summed E-state index contributed by atoms with van der Waals surface area (Å²) in [5.41, 5.74) is 0.328. The van der Waals surface area contributed by atoms with Gasteiger partial charge in [0.2, 0.25) is 10.0 Å². The van der Waals surface area contributed by atoms with E-state index in [2.05, 4.69) is 21.9 Å². The van der Waals surface area contributed by atoms with Crippen molar-refractivity contribution in [2.75, 3.05) is 24.6 Å². The van der Waals surface area contributed by atoms with Crippen molar-refractivity contribution in [1.29, 1.82) is 0 Å². The second kappa shape index (κ2) is 8.75. The van der Waals surface area contributed by atoms with Crippen LogP contribution in [-0.4, -0.2) is 46.3 Å². The summed E-state index contributed by atoms with van der Waals surface area (Å²) in [6.07, 6.45) is 5.42. The summed E-state index contributed by atoms with van der Waals surface area (Å²) in [7, 11) is -2.11. The van der Waals surface area contributed by atoms with Crippen molar-refractivity contribution in [3.8, 4) is 5.75 Å². The lowest BCUT2D eigenvalue weighted by Gasteiger charge is -2.24. The van der Waals surface area contributed by atoms with Gasteiger partial charge in [-0.15, -0.1) is 6.58 Å². The summed E-state index contributed by atoms with van der Waals surface area (Å²) in [4.78, 5) is 12.8. The second-order valence-corrected chi connectivity index (χ2v) is 8.37. The minimum Gasteiger partial charge on any atom is -0.496 e. The smallest absolute Gasteiger partial charge is 0.255 e. The highest BCUT2D eigenvalue weighted by Crippen LogP contribution is 2.31. The molecule has 0 spiro atoms. The molecule has 3 N–H and O–H groups in total. The molecule has 1 heterocycles. The lowest BCUT2D eigenvalue weighted by atomic mass is 10.0. The first kappa shape index (κ1) is 20.5. The van der Waals surface area contributed by atoms with Crippen LogP contribution in [0, 0.1) is 0 Å². The monoisotopic (exact) mass is 401 g/mol. The van der Waals surface area contributed by atoms with Crippen LogP contribution in [-0.2, 0) is 10.0 Å². The van der Waals surface area contributed by atoms with Crippen molar-refractivity contribution in [3.63, 3.8) is 0 Å². The normalized spacial score (nSPS) is 18.2. The number of sulfonamides is 1. The Bertz CT molecular complexity index is 776. The first-order valence-corrected chi connectivity index (χ1v) is 10.5. The van der Waals surface area contributed by atoms with Crippen LogP contribution in [0.15, 0.2) is 24.8 Å². The van der Waals surface area contributed by atoms with Crippen molar-refractivity contribution in [1.82, 2.24) is 10.6 Å². The van der Waals surface area contributed by atoms with Crippen molar-refractivity contribution >= 4 is 33.2 Å². The molecule has 7 nitrogen and oxygen atoms in total. The first-order chi connectivity index (χ1) is 12.2. The Labute approximate surface area is 159 Å². The Morgan fingerprint density at radius 2 is 2.27 bits per heavy atom.